The number of methoxy groups -OCH3 is 1. The Hall–Kier alpha value is -1.44. The first-order valence-corrected chi connectivity index (χ1v) is 9.89. The van der Waals surface area contributed by atoms with Crippen molar-refractivity contribution < 1.29 is 9.53 Å². The van der Waals surface area contributed by atoms with Gasteiger partial charge in [-0.3, -0.25) is 14.6 Å². The summed E-state index contributed by atoms with van der Waals surface area (Å²) in [4.78, 5) is 25.0. The third-order valence-corrected chi connectivity index (χ3v) is 5.81. The average Bonchev–Trinajstić information content (AvgIpc) is 3.07. The van der Waals surface area contributed by atoms with E-state index in [4.69, 9.17) is 4.74 Å². The van der Waals surface area contributed by atoms with E-state index in [-0.39, 0.29) is 11.8 Å². The molecule has 2 saturated heterocycles. The molecule has 0 aliphatic carbocycles. The van der Waals surface area contributed by atoms with Crippen LogP contribution in [-0.2, 0) is 16.1 Å². The summed E-state index contributed by atoms with van der Waals surface area (Å²) in [5.74, 6) is 0.323. The van der Waals surface area contributed by atoms with Crippen LogP contribution < -0.4 is 5.32 Å². The van der Waals surface area contributed by atoms with Crippen LogP contribution in [0, 0.1) is 12.8 Å². The van der Waals surface area contributed by atoms with Crippen LogP contribution in [0.2, 0.25) is 0 Å². The van der Waals surface area contributed by atoms with Crippen LogP contribution in [-0.4, -0.2) is 78.2 Å². The van der Waals surface area contributed by atoms with Crippen molar-refractivity contribution in [3.63, 3.8) is 0 Å². The second kappa shape index (κ2) is 9.48. The molecule has 1 amide bonds. The fraction of sp³-hybridized carbons (Fsp3) is 0.789. The minimum Gasteiger partial charge on any atom is -0.383 e. The lowest BCUT2D eigenvalue weighted by Gasteiger charge is -2.42. The number of piperidine rings is 2. The number of ether oxygens (including phenoxy) is 1. The van der Waals surface area contributed by atoms with Gasteiger partial charge in [0.25, 0.3) is 0 Å². The van der Waals surface area contributed by atoms with Crippen LogP contribution in [0.1, 0.15) is 37.1 Å². The smallest absolute Gasteiger partial charge is 0.224 e. The Morgan fingerprint density at radius 2 is 2.15 bits per heavy atom. The quantitative estimate of drug-likeness (QED) is 0.711. The minimum atomic E-state index is 0.130. The molecule has 1 aromatic rings. The number of carbonyl (C=O) groups is 1. The van der Waals surface area contributed by atoms with Gasteiger partial charge in [-0.05, 0) is 39.2 Å². The summed E-state index contributed by atoms with van der Waals surface area (Å²) < 4.78 is 5.01. The number of likely N-dealkylation sites (tertiary alicyclic amines) is 2. The molecule has 1 aromatic heterocycles. The number of aromatic amines is 1. The first-order chi connectivity index (χ1) is 12.7. The zero-order chi connectivity index (χ0) is 18.4. The monoisotopic (exact) mass is 363 g/mol. The number of amides is 1. The Kier molecular flexibility index (Phi) is 7.05. The standard InChI is InChI=1S/C19H33N5O2/c1-15-18(22-14-21-15)13-23-9-5-17(6-10-23)24-8-3-4-16(12-24)19(25)20-7-11-26-2/h14,16-17H,3-13H2,1-2H3,(H,20,25)(H,21,22)/t16-/m1/s1. The van der Waals surface area contributed by atoms with Gasteiger partial charge in [-0.15, -0.1) is 0 Å². The highest BCUT2D eigenvalue weighted by Crippen LogP contribution is 2.24. The molecule has 2 fully saturated rings. The van der Waals surface area contributed by atoms with E-state index in [9.17, 15) is 4.79 Å². The van der Waals surface area contributed by atoms with Gasteiger partial charge in [0.15, 0.2) is 0 Å². The second-order valence-corrected chi connectivity index (χ2v) is 7.60. The number of aromatic nitrogens is 2. The molecule has 0 radical (unpaired) electrons. The van der Waals surface area contributed by atoms with E-state index in [2.05, 4.69) is 32.0 Å². The SMILES string of the molecule is COCCNC(=O)[C@@H]1CCCN(C2CCN(Cc3nc[nH]c3C)CC2)C1. The van der Waals surface area contributed by atoms with Gasteiger partial charge in [-0.1, -0.05) is 0 Å². The van der Waals surface area contributed by atoms with Crippen molar-refractivity contribution >= 4 is 5.91 Å². The molecule has 2 aliphatic heterocycles. The fourth-order valence-corrected chi connectivity index (χ4v) is 4.17. The van der Waals surface area contributed by atoms with Gasteiger partial charge in [-0.25, -0.2) is 4.98 Å². The molecule has 0 saturated carbocycles. The summed E-state index contributed by atoms with van der Waals surface area (Å²) in [5, 5.41) is 3.01. The zero-order valence-electron chi connectivity index (χ0n) is 16.2. The van der Waals surface area contributed by atoms with Crippen LogP contribution in [0.15, 0.2) is 6.33 Å². The maximum atomic E-state index is 12.4. The van der Waals surface area contributed by atoms with Gasteiger partial charge in [0.05, 0.1) is 24.5 Å². The van der Waals surface area contributed by atoms with E-state index in [1.807, 2.05) is 0 Å². The molecule has 2 aliphatic rings. The molecule has 1 atom stereocenters. The molecule has 3 rings (SSSR count). The van der Waals surface area contributed by atoms with E-state index >= 15 is 0 Å². The number of carbonyl (C=O) groups excluding carboxylic acids is 1. The van der Waals surface area contributed by atoms with Gasteiger partial charge >= 0.3 is 0 Å². The van der Waals surface area contributed by atoms with E-state index in [0.717, 1.165) is 51.3 Å². The third kappa shape index (κ3) is 5.05. The number of imidazole rings is 1. The third-order valence-electron chi connectivity index (χ3n) is 5.81. The topological polar surface area (TPSA) is 73.5 Å². The van der Waals surface area contributed by atoms with Crippen LogP contribution in [0.3, 0.4) is 0 Å². The number of hydrogen-bond acceptors (Lipinski definition) is 5. The van der Waals surface area contributed by atoms with Crippen LogP contribution >= 0.6 is 0 Å². The predicted molar refractivity (Wildman–Crippen MR) is 101 cm³/mol. The predicted octanol–water partition coefficient (Wildman–Crippen LogP) is 1.16. The highest BCUT2D eigenvalue weighted by Gasteiger charge is 2.31. The molecule has 0 aromatic carbocycles. The Bertz CT molecular complexity index is 568. The minimum absolute atomic E-state index is 0.130. The van der Waals surface area contributed by atoms with Gasteiger partial charge in [-0.2, -0.15) is 0 Å². The van der Waals surface area contributed by atoms with Crippen LogP contribution in [0.4, 0.5) is 0 Å². The molecule has 0 unspecified atom stereocenters. The summed E-state index contributed by atoms with van der Waals surface area (Å²) in [7, 11) is 1.66. The molecular weight excluding hydrogens is 330 g/mol. The Labute approximate surface area is 156 Å². The molecule has 3 heterocycles. The van der Waals surface area contributed by atoms with E-state index in [1.54, 1.807) is 13.4 Å². The van der Waals surface area contributed by atoms with Crippen molar-refractivity contribution in [2.75, 3.05) is 46.4 Å². The van der Waals surface area contributed by atoms with Gasteiger partial charge in [0.1, 0.15) is 0 Å². The van der Waals surface area contributed by atoms with Crippen molar-refractivity contribution in [2.24, 2.45) is 5.92 Å². The maximum absolute atomic E-state index is 12.4. The first-order valence-electron chi connectivity index (χ1n) is 9.89. The van der Waals surface area contributed by atoms with Crippen molar-refractivity contribution in [1.29, 1.82) is 0 Å². The summed E-state index contributed by atoms with van der Waals surface area (Å²) in [6.45, 7) is 8.46. The van der Waals surface area contributed by atoms with Gasteiger partial charge < -0.3 is 15.0 Å². The molecule has 2 N–H and O–H groups in total. The largest absolute Gasteiger partial charge is 0.383 e. The lowest BCUT2D eigenvalue weighted by atomic mass is 9.93. The van der Waals surface area contributed by atoms with Crippen molar-refractivity contribution in [2.45, 2.75) is 45.2 Å². The highest BCUT2D eigenvalue weighted by atomic mass is 16.5. The van der Waals surface area contributed by atoms with Crippen molar-refractivity contribution in [1.82, 2.24) is 25.1 Å². The molecule has 146 valence electrons. The summed E-state index contributed by atoms with van der Waals surface area (Å²) in [5.41, 5.74) is 2.33. The summed E-state index contributed by atoms with van der Waals surface area (Å²) >= 11 is 0. The van der Waals surface area contributed by atoms with Crippen LogP contribution in [0.5, 0.6) is 0 Å². The molecule has 0 bridgehead atoms. The number of nitrogens with one attached hydrogen (secondary N) is 2. The average molecular weight is 364 g/mol. The number of rotatable bonds is 7. The number of H-pyrrole nitrogens is 1. The van der Waals surface area contributed by atoms with Crippen molar-refractivity contribution in [3.8, 4) is 0 Å². The Balaban J connectivity index is 1.43. The van der Waals surface area contributed by atoms with E-state index in [0.29, 0.717) is 19.2 Å². The van der Waals surface area contributed by atoms with Crippen LogP contribution in [0.25, 0.3) is 0 Å². The number of aryl methyl sites for hydroxylation is 1. The van der Waals surface area contributed by atoms with E-state index < -0.39 is 0 Å². The van der Waals surface area contributed by atoms with Crippen molar-refractivity contribution in [3.05, 3.63) is 17.7 Å². The molecule has 0 spiro atoms. The fourth-order valence-electron chi connectivity index (χ4n) is 4.17. The molecular formula is C19H33N5O2. The van der Waals surface area contributed by atoms with Gasteiger partial charge in [0, 0.05) is 51.6 Å². The first kappa shape index (κ1) is 19.3. The summed E-state index contributed by atoms with van der Waals surface area (Å²) in [6.07, 6.45) is 6.27. The van der Waals surface area contributed by atoms with E-state index in [1.165, 1.54) is 18.5 Å². The maximum Gasteiger partial charge on any atom is 0.224 e. The normalized spacial score (nSPS) is 23.2. The number of hydrogen-bond donors (Lipinski definition) is 2. The second-order valence-electron chi connectivity index (χ2n) is 7.60. The number of nitrogens with zero attached hydrogens (tertiary/aromatic N) is 3. The lowest BCUT2D eigenvalue weighted by Crippen LogP contribution is -2.50. The zero-order valence-corrected chi connectivity index (χ0v) is 16.2. The summed E-state index contributed by atoms with van der Waals surface area (Å²) in [6, 6.07) is 0.612. The Morgan fingerprint density at radius 3 is 2.85 bits per heavy atom. The Morgan fingerprint density at radius 1 is 1.35 bits per heavy atom. The highest BCUT2D eigenvalue weighted by molar-refractivity contribution is 5.78. The molecule has 26 heavy (non-hydrogen) atoms. The molecule has 7 nitrogen and oxygen atoms in total. The van der Waals surface area contributed by atoms with Gasteiger partial charge in [0.2, 0.25) is 5.91 Å². The molecule has 7 heteroatoms. The lowest BCUT2D eigenvalue weighted by molar-refractivity contribution is -0.127.